The maximum atomic E-state index is 13.6. The minimum absolute atomic E-state index is 0.0915. The SMILES string of the molecule is [C-]#[N+]c1ccc(CNC(=O)C(CC2CCCCC2)Nc2cc(-n3cccc3)nc(NCc3ccc(C(=O)OC)cc3)n2)cc1. The minimum Gasteiger partial charge on any atom is -0.465 e. The molecule has 1 aliphatic carbocycles. The Morgan fingerprint density at radius 1 is 0.977 bits per heavy atom. The fourth-order valence-corrected chi connectivity index (χ4v) is 5.43. The molecular weight excluding hydrogens is 554 g/mol. The molecule has 2 heterocycles. The first-order chi connectivity index (χ1) is 21.5. The van der Waals surface area contributed by atoms with E-state index in [1.807, 2.05) is 59.4 Å². The molecule has 1 amide bonds. The molecule has 0 aliphatic heterocycles. The number of aromatic nitrogens is 3. The van der Waals surface area contributed by atoms with Crippen molar-refractivity contribution in [3.05, 3.63) is 107 Å². The van der Waals surface area contributed by atoms with E-state index in [9.17, 15) is 9.59 Å². The van der Waals surface area contributed by atoms with Gasteiger partial charge >= 0.3 is 5.97 Å². The van der Waals surface area contributed by atoms with Crippen LogP contribution >= 0.6 is 0 Å². The van der Waals surface area contributed by atoms with Gasteiger partial charge in [-0.05, 0) is 47.7 Å². The number of hydrogen-bond acceptors (Lipinski definition) is 7. The van der Waals surface area contributed by atoms with Crippen molar-refractivity contribution in [1.82, 2.24) is 19.9 Å². The number of carbonyl (C=O) groups is 2. The van der Waals surface area contributed by atoms with Crippen LogP contribution in [0.15, 0.2) is 79.1 Å². The monoisotopic (exact) mass is 591 g/mol. The zero-order valence-corrected chi connectivity index (χ0v) is 24.8. The van der Waals surface area contributed by atoms with Gasteiger partial charge in [0.05, 0.1) is 19.2 Å². The van der Waals surface area contributed by atoms with Crippen LogP contribution in [-0.2, 0) is 22.6 Å². The van der Waals surface area contributed by atoms with Crippen molar-refractivity contribution in [2.75, 3.05) is 17.7 Å². The van der Waals surface area contributed by atoms with Crippen molar-refractivity contribution in [3.8, 4) is 5.82 Å². The van der Waals surface area contributed by atoms with Gasteiger partial charge in [0, 0.05) is 31.5 Å². The molecule has 1 fully saturated rings. The number of ether oxygens (including phenoxy) is 1. The van der Waals surface area contributed by atoms with E-state index in [4.69, 9.17) is 21.3 Å². The van der Waals surface area contributed by atoms with E-state index in [1.165, 1.54) is 26.4 Å². The Bertz CT molecular complexity index is 1570. The number of esters is 1. The summed E-state index contributed by atoms with van der Waals surface area (Å²) in [6.45, 7) is 7.97. The van der Waals surface area contributed by atoms with Gasteiger partial charge in [-0.15, -0.1) is 0 Å². The van der Waals surface area contributed by atoms with E-state index in [0.717, 1.165) is 24.0 Å². The van der Waals surface area contributed by atoms with Crippen LogP contribution in [-0.4, -0.2) is 39.6 Å². The second-order valence-corrected chi connectivity index (χ2v) is 11.0. The third-order valence-corrected chi connectivity index (χ3v) is 7.87. The summed E-state index contributed by atoms with van der Waals surface area (Å²) in [7, 11) is 1.36. The van der Waals surface area contributed by atoms with Gasteiger partial charge in [-0.1, -0.05) is 68.5 Å². The number of nitrogens with one attached hydrogen (secondary N) is 3. The molecule has 2 aromatic carbocycles. The van der Waals surface area contributed by atoms with Gasteiger partial charge in [-0.2, -0.15) is 9.97 Å². The lowest BCUT2D eigenvalue weighted by Gasteiger charge is -2.27. The predicted octanol–water partition coefficient (Wildman–Crippen LogP) is 6.28. The van der Waals surface area contributed by atoms with E-state index in [2.05, 4.69) is 20.8 Å². The number of nitrogens with zero attached hydrogens (tertiary/aromatic N) is 4. The summed E-state index contributed by atoms with van der Waals surface area (Å²) in [5.74, 6) is 1.60. The molecule has 0 radical (unpaired) electrons. The van der Waals surface area contributed by atoms with Crippen molar-refractivity contribution in [2.24, 2.45) is 5.92 Å². The van der Waals surface area contributed by atoms with Crippen LogP contribution in [0.1, 0.15) is 60.0 Å². The highest BCUT2D eigenvalue weighted by Gasteiger charge is 2.25. The van der Waals surface area contributed by atoms with E-state index in [-0.39, 0.29) is 11.9 Å². The number of rotatable bonds is 12. The van der Waals surface area contributed by atoms with Crippen molar-refractivity contribution in [1.29, 1.82) is 0 Å². The van der Waals surface area contributed by atoms with Crippen LogP contribution in [0.3, 0.4) is 0 Å². The van der Waals surface area contributed by atoms with Gasteiger partial charge in [-0.3, -0.25) is 4.79 Å². The molecular formula is C34H37N7O3. The zero-order chi connectivity index (χ0) is 30.7. The molecule has 0 spiro atoms. The lowest BCUT2D eigenvalue weighted by atomic mass is 9.84. The molecule has 0 saturated heterocycles. The van der Waals surface area contributed by atoms with Crippen molar-refractivity contribution in [3.63, 3.8) is 0 Å². The molecule has 5 rings (SSSR count). The van der Waals surface area contributed by atoms with E-state index in [1.54, 1.807) is 24.3 Å². The Morgan fingerprint density at radius 2 is 1.66 bits per heavy atom. The summed E-state index contributed by atoms with van der Waals surface area (Å²) in [5, 5.41) is 9.82. The third-order valence-electron chi connectivity index (χ3n) is 7.87. The van der Waals surface area contributed by atoms with E-state index < -0.39 is 6.04 Å². The number of amides is 1. The minimum atomic E-state index is -0.480. The van der Waals surface area contributed by atoms with Gasteiger partial charge in [0.25, 0.3) is 0 Å². The molecule has 3 N–H and O–H groups in total. The maximum absolute atomic E-state index is 13.6. The molecule has 10 nitrogen and oxygen atoms in total. The lowest BCUT2D eigenvalue weighted by molar-refractivity contribution is -0.122. The molecule has 1 atom stereocenters. The van der Waals surface area contributed by atoms with Gasteiger partial charge in [0.15, 0.2) is 5.69 Å². The largest absolute Gasteiger partial charge is 0.465 e. The second kappa shape index (κ2) is 14.8. The number of methoxy groups -OCH3 is 1. The standard InChI is InChI=1S/C34H37N7O3/c1-35-28-16-12-26(13-17-28)22-36-32(42)29(20-24-8-4-3-5-9-24)38-30-21-31(41-18-6-7-19-41)40-34(39-30)37-23-25-10-14-27(15-11-25)33(43)44-2/h6-7,10-19,21,24,29H,3-5,8-9,20,22-23H2,2H3,(H,36,42)(H2,37,38,39,40). The fourth-order valence-electron chi connectivity index (χ4n) is 5.43. The quantitative estimate of drug-likeness (QED) is 0.131. The zero-order valence-electron chi connectivity index (χ0n) is 24.8. The summed E-state index contributed by atoms with van der Waals surface area (Å²) >= 11 is 0. The van der Waals surface area contributed by atoms with Crippen molar-refractivity contribution >= 4 is 29.3 Å². The van der Waals surface area contributed by atoms with Crippen LogP contribution in [0, 0.1) is 12.5 Å². The van der Waals surface area contributed by atoms with Crippen LogP contribution < -0.4 is 16.0 Å². The molecule has 226 valence electrons. The Kier molecular flexibility index (Phi) is 10.2. The smallest absolute Gasteiger partial charge is 0.337 e. The molecule has 2 aromatic heterocycles. The molecule has 4 aromatic rings. The number of hydrogen-bond donors (Lipinski definition) is 3. The third kappa shape index (κ3) is 8.22. The highest BCUT2D eigenvalue weighted by molar-refractivity contribution is 5.89. The number of anilines is 2. The summed E-state index contributed by atoms with van der Waals surface area (Å²) in [4.78, 5) is 38.3. The Labute approximate surface area is 257 Å². The highest BCUT2D eigenvalue weighted by Crippen LogP contribution is 2.28. The Hall–Kier alpha value is -5.17. The summed E-state index contributed by atoms with van der Waals surface area (Å²) in [6.07, 6.45) is 10.4. The van der Waals surface area contributed by atoms with Crippen LogP contribution in [0.4, 0.5) is 17.5 Å². The average Bonchev–Trinajstić information content (AvgIpc) is 3.62. The van der Waals surface area contributed by atoms with E-state index >= 15 is 0 Å². The number of benzene rings is 2. The topological polar surface area (TPSA) is 115 Å². The molecule has 44 heavy (non-hydrogen) atoms. The molecule has 1 unspecified atom stereocenters. The summed E-state index contributed by atoms with van der Waals surface area (Å²) in [6, 6.07) is 19.6. The molecule has 1 aliphatic rings. The lowest BCUT2D eigenvalue weighted by Crippen LogP contribution is -2.41. The van der Waals surface area contributed by atoms with Gasteiger partial charge in [0.2, 0.25) is 11.9 Å². The first-order valence-corrected chi connectivity index (χ1v) is 14.9. The maximum Gasteiger partial charge on any atom is 0.337 e. The molecule has 0 bridgehead atoms. The summed E-state index contributed by atoms with van der Waals surface area (Å²) < 4.78 is 6.68. The summed E-state index contributed by atoms with van der Waals surface area (Å²) in [5.41, 5.74) is 2.93. The molecule has 10 heteroatoms. The fraction of sp³-hybridized carbons (Fsp3) is 0.324. The number of carbonyl (C=O) groups excluding carboxylic acids is 2. The van der Waals surface area contributed by atoms with Gasteiger partial charge < -0.3 is 25.3 Å². The second-order valence-electron chi connectivity index (χ2n) is 11.0. The normalized spacial score (nSPS) is 13.8. The molecule has 1 saturated carbocycles. The van der Waals surface area contributed by atoms with Crippen LogP contribution in [0.5, 0.6) is 0 Å². The van der Waals surface area contributed by atoms with Crippen molar-refractivity contribution in [2.45, 2.75) is 57.7 Å². The Balaban J connectivity index is 1.34. The Morgan fingerprint density at radius 3 is 2.34 bits per heavy atom. The average molecular weight is 592 g/mol. The van der Waals surface area contributed by atoms with Crippen LogP contribution in [0.2, 0.25) is 0 Å². The van der Waals surface area contributed by atoms with E-state index in [0.29, 0.717) is 54.3 Å². The van der Waals surface area contributed by atoms with Crippen molar-refractivity contribution < 1.29 is 14.3 Å². The van der Waals surface area contributed by atoms with Gasteiger partial charge in [-0.25, -0.2) is 9.64 Å². The van der Waals surface area contributed by atoms with Crippen LogP contribution in [0.25, 0.3) is 10.7 Å². The highest BCUT2D eigenvalue weighted by atomic mass is 16.5. The first kappa shape index (κ1) is 30.3. The predicted molar refractivity (Wildman–Crippen MR) is 170 cm³/mol. The van der Waals surface area contributed by atoms with Gasteiger partial charge in [0.1, 0.15) is 17.7 Å². The first-order valence-electron chi connectivity index (χ1n) is 14.9.